The zero-order valence-electron chi connectivity index (χ0n) is 30.2. The van der Waals surface area contributed by atoms with Gasteiger partial charge in [0.15, 0.2) is 0 Å². The second-order valence-electron chi connectivity index (χ2n) is 16.3. The summed E-state index contributed by atoms with van der Waals surface area (Å²) in [5.41, 5.74) is 1.10. The number of hydrogen-bond acceptors (Lipinski definition) is 6. The topological polar surface area (TPSA) is 66.4 Å². The highest BCUT2D eigenvalue weighted by Gasteiger charge is 2.60. The molecule has 0 unspecified atom stereocenters. The maximum absolute atomic E-state index is 8.67. The largest absolute Gasteiger partial charge is 0.394 e. The Bertz CT molecular complexity index is 821. The SMILES string of the molecule is CC[C@H](CC[C@@H](C)[C@H]1CC[C@H]2[C@@H]3CC[C@H]4C[C@@H](OCCOCCOCCOCCOCCO)CC[C@]4(C)[C@H]3CC[C@]12C)C(C)C. The summed E-state index contributed by atoms with van der Waals surface area (Å²) in [6, 6.07) is 0. The molecule has 0 spiro atoms. The molecule has 4 fully saturated rings. The maximum Gasteiger partial charge on any atom is 0.0704 e. The quantitative estimate of drug-likeness (QED) is 0.128. The molecule has 0 radical (unpaired) electrons. The van der Waals surface area contributed by atoms with Gasteiger partial charge in [0.2, 0.25) is 0 Å². The highest BCUT2D eigenvalue weighted by Crippen LogP contribution is 2.68. The van der Waals surface area contributed by atoms with Crippen molar-refractivity contribution in [3.8, 4) is 0 Å². The van der Waals surface area contributed by atoms with Crippen molar-refractivity contribution in [2.45, 2.75) is 125 Å². The van der Waals surface area contributed by atoms with Crippen LogP contribution in [0.15, 0.2) is 0 Å². The molecular weight excluding hydrogens is 564 g/mol. The van der Waals surface area contributed by atoms with Gasteiger partial charge in [-0.1, -0.05) is 54.4 Å². The van der Waals surface area contributed by atoms with E-state index in [1.54, 1.807) is 0 Å². The van der Waals surface area contributed by atoms with E-state index in [2.05, 4.69) is 41.5 Å². The van der Waals surface area contributed by atoms with Gasteiger partial charge in [-0.05, 0) is 122 Å². The zero-order chi connectivity index (χ0) is 32.3. The average molecular weight is 637 g/mol. The lowest BCUT2D eigenvalue weighted by atomic mass is 9.44. The second-order valence-corrected chi connectivity index (χ2v) is 16.3. The number of rotatable bonds is 21. The van der Waals surface area contributed by atoms with Crippen LogP contribution < -0.4 is 0 Å². The first kappa shape index (κ1) is 37.6. The molecule has 0 aromatic heterocycles. The predicted molar refractivity (Wildman–Crippen MR) is 182 cm³/mol. The van der Waals surface area contributed by atoms with Gasteiger partial charge in [-0.2, -0.15) is 0 Å². The first-order valence-corrected chi connectivity index (χ1v) is 19.3. The van der Waals surface area contributed by atoms with E-state index < -0.39 is 0 Å². The Morgan fingerprint density at radius 2 is 1.27 bits per heavy atom. The summed E-state index contributed by atoms with van der Waals surface area (Å²) in [7, 11) is 0. The summed E-state index contributed by atoms with van der Waals surface area (Å²) in [5.74, 6) is 7.25. The fourth-order valence-electron chi connectivity index (χ4n) is 11.1. The normalized spacial score (nSPS) is 36.0. The predicted octanol–water partition coefficient (Wildman–Crippen LogP) is 8.19. The fourth-order valence-corrected chi connectivity index (χ4v) is 11.1. The van der Waals surface area contributed by atoms with Crippen molar-refractivity contribution >= 4 is 0 Å². The minimum atomic E-state index is 0.0497. The Balaban J connectivity index is 1.13. The van der Waals surface area contributed by atoms with Crippen molar-refractivity contribution in [3.05, 3.63) is 0 Å². The minimum absolute atomic E-state index is 0.0497. The standard InChI is InChI=1S/C39H72O6/c1-7-31(29(2)3)9-8-30(4)35-12-13-36-34-11-10-32-28-33(14-16-38(32,5)37(34)15-17-39(35,36)6)45-27-26-44-25-24-43-23-22-42-21-20-41-19-18-40/h29-37,40H,7-28H2,1-6H3/t30-,31-,32+,33+,34+,35-,36+,37+,38+,39-/m1/s1. The van der Waals surface area contributed by atoms with E-state index in [4.69, 9.17) is 28.8 Å². The number of fused-ring (bicyclic) bond motifs is 5. The highest BCUT2D eigenvalue weighted by atomic mass is 16.6. The average Bonchev–Trinajstić information content (AvgIpc) is 3.38. The van der Waals surface area contributed by atoms with Crippen LogP contribution in [0.3, 0.4) is 0 Å². The molecule has 4 saturated carbocycles. The molecule has 4 aliphatic carbocycles. The number of aliphatic hydroxyl groups excluding tert-OH is 1. The molecule has 6 nitrogen and oxygen atoms in total. The van der Waals surface area contributed by atoms with Gasteiger partial charge in [0.1, 0.15) is 0 Å². The number of ether oxygens (including phenoxy) is 5. The molecule has 0 aromatic rings. The van der Waals surface area contributed by atoms with Gasteiger partial charge in [-0.15, -0.1) is 0 Å². The van der Waals surface area contributed by atoms with Crippen LogP contribution in [-0.4, -0.2) is 77.3 Å². The van der Waals surface area contributed by atoms with Crippen LogP contribution in [0.4, 0.5) is 0 Å². The van der Waals surface area contributed by atoms with Crippen LogP contribution >= 0.6 is 0 Å². The van der Waals surface area contributed by atoms with Crippen LogP contribution in [-0.2, 0) is 23.7 Å². The van der Waals surface area contributed by atoms with Gasteiger partial charge in [-0.25, -0.2) is 0 Å². The lowest BCUT2D eigenvalue weighted by Gasteiger charge is -2.61. The molecule has 0 bridgehead atoms. The first-order chi connectivity index (χ1) is 21.7. The van der Waals surface area contributed by atoms with E-state index >= 15 is 0 Å². The molecular formula is C39H72O6. The molecule has 0 saturated heterocycles. The van der Waals surface area contributed by atoms with Crippen LogP contribution in [0.5, 0.6) is 0 Å². The molecule has 0 aliphatic heterocycles. The van der Waals surface area contributed by atoms with Crippen LogP contribution in [0.25, 0.3) is 0 Å². The van der Waals surface area contributed by atoms with E-state index in [1.165, 1.54) is 77.0 Å². The third kappa shape index (κ3) is 9.69. The molecule has 264 valence electrons. The summed E-state index contributed by atoms with van der Waals surface area (Å²) in [6.07, 6.45) is 17.3. The summed E-state index contributed by atoms with van der Waals surface area (Å²) < 4.78 is 28.3. The van der Waals surface area contributed by atoms with Crippen molar-refractivity contribution in [1.29, 1.82) is 0 Å². The van der Waals surface area contributed by atoms with E-state index in [0.29, 0.717) is 76.4 Å². The monoisotopic (exact) mass is 637 g/mol. The third-order valence-corrected chi connectivity index (χ3v) is 13.8. The third-order valence-electron chi connectivity index (χ3n) is 13.8. The van der Waals surface area contributed by atoms with Gasteiger partial charge in [0.25, 0.3) is 0 Å². The summed E-state index contributed by atoms with van der Waals surface area (Å²) in [4.78, 5) is 0. The smallest absolute Gasteiger partial charge is 0.0704 e. The fraction of sp³-hybridized carbons (Fsp3) is 1.00. The number of hydrogen-bond donors (Lipinski definition) is 1. The second kappa shape index (κ2) is 18.5. The summed E-state index contributed by atoms with van der Waals surface area (Å²) in [5, 5.41) is 8.67. The Kier molecular flexibility index (Phi) is 15.5. The molecule has 0 aromatic carbocycles. The zero-order valence-corrected chi connectivity index (χ0v) is 30.2. The first-order valence-electron chi connectivity index (χ1n) is 19.3. The molecule has 0 amide bonds. The van der Waals surface area contributed by atoms with Gasteiger partial charge >= 0.3 is 0 Å². The van der Waals surface area contributed by atoms with Gasteiger partial charge < -0.3 is 28.8 Å². The number of aliphatic hydroxyl groups is 1. The molecule has 4 rings (SSSR count). The van der Waals surface area contributed by atoms with Crippen molar-refractivity contribution < 1.29 is 28.8 Å². The van der Waals surface area contributed by atoms with Gasteiger partial charge in [0.05, 0.1) is 72.2 Å². The lowest BCUT2D eigenvalue weighted by molar-refractivity contribution is -0.139. The Morgan fingerprint density at radius 1 is 0.667 bits per heavy atom. The van der Waals surface area contributed by atoms with E-state index in [0.717, 1.165) is 47.3 Å². The summed E-state index contributed by atoms with van der Waals surface area (Å²) >= 11 is 0. The Hall–Kier alpha value is -0.240. The molecule has 4 aliphatic rings. The molecule has 10 atom stereocenters. The van der Waals surface area contributed by atoms with Crippen LogP contribution in [0, 0.1) is 58.2 Å². The molecule has 6 heteroatoms. The van der Waals surface area contributed by atoms with Crippen molar-refractivity contribution in [1.82, 2.24) is 0 Å². The molecule has 45 heavy (non-hydrogen) atoms. The Labute approximate surface area is 277 Å². The van der Waals surface area contributed by atoms with Crippen molar-refractivity contribution in [2.75, 3.05) is 66.1 Å². The molecule has 0 heterocycles. The highest BCUT2D eigenvalue weighted by molar-refractivity contribution is 5.09. The van der Waals surface area contributed by atoms with E-state index in [-0.39, 0.29) is 6.61 Å². The minimum Gasteiger partial charge on any atom is -0.394 e. The molecule has 1 N–H and O–H groups in total. The van der Waals surface area contributed by atoms with E-state index in [9.17, 15) is 0 Å². The van der Waals surface area contributed by atoms with Crippen LogP contribution in [0.1, 0.15) is 119 Å². The van der Waals surface area contributed by atoms with Gasteiger partial charge in [0, 0.05) is 0 Å². The Morgan fingerprint density at radius 3 is 1.89 bits per heavy atom. The van der Waals surface area contributed by atoms with E-state index in [1.807, 2.05) is 0 Å². The lowest BCUT2D eigenvalue weighted by Crippen LogP contribution is -2.54. The van der Waals surface area contributed by atoms with Crippen LogP contribution in [0.2, 0.25) is 0 Å². The van der Waals surface area contributed by atoms with Crippen molar-refractivity contribution in [3.63, 3.8) is 0 Å². The summed E-state index contributed by atoms with van der Waals surface area (Å²) in [6.45, 7) is 20.4. The maximum atomic E-state index is 8.67. The van der Waals surface area contributed by atoms with Crippen molar-refractivity contribution in [2.24, 2.45) is 58.2 Å². The van der Waals surface area contributed by atoms with Gasteiger partial charge in [-0.3, -0.25) is 0 Å².